The zero-order valence-electron chi connectivity index (χ0n) is 7.67. The van der Waals surface area contributed by atoms with E-state index in [1.165, 1.54) is 0 Å². The number of rotatable bonds is 4. The van der Waals surface area contributed by atoms with Gasteiger partial charge in [-0.2, -0.15) is 0 Å². The van der Waals surface area contributed by atoms with Crippen LogP contribution in [-0.2, 0) is 0 Å². The zero-order chi connectivity index (χ0) is 10.6. The van der Waals surface area contributed by atoms with Crippen molar-refractivity contribution >= 4 is 37.9 Å². The van der Waals surface area contributed by atoms with Gasteiger partial charge in [0, 0.05) is 0 Å². The molecule has 14 heavy (non-hydrogen) atoms. The molecule has 2 nitrogen and oxygen atoms in total. The molecule has 0 amide bonds. The molecule has 0 atom stereocenters. The second-order valence-electron chi connectivity index (χ2n) is 2.49. The van der Waals surface area contributed by atoms with Gasteiger partial charge in [-0.05, 0) is 49.6 Å². The standard InChI is InChI=1S/C10H10Br2O2/c1-3-7-4-5-8(13-2)9(6-7)14-10(11)12/h3-6,10H,1H2,2H3. The van der Waals surface area contributed by atoms with Crippen molar-refractivity contribution in [1.29, 1.82) is 0 Å². The van der Waals surface area contributed by atoms with E-state index in [2.05, 4.69) is 38.4 Å². The summed E-state index contributed by atoms with van der Waals surface area (Å²) in [5.74, 6) is 1.36. The molecule has 0 aliphatic rings. The number of hydrogen-bond acceptors (Lipinski definition) is 2. The van der Waals surface area contributed by atoms with Crippen LogP contribution in [0.15, 0.2) is 24.8 Å². The van der Waals surface area contributed by atoms with Gasteiger partial charge in [-0.1, -0.05) is 18.7 Å². The van der Waals surface area contributed by atoms with Gasteiger partial charge in [0.2, 0.25) is 3.92 Å². The number of ether oxygens (including phenoxy) is 2. The summed E-state index contributed by atoms with van der Waals surface area (Å²) in [5.41, 5.74) is 0.987. The van der Waals surface area contributed by atoms with Crippen molar-refractivity contribution < 1.29 is 9.47 Å². The minimum atomic E-state index is -0.232. The van der Waals surface area contributed by atoms with E-state index in [-0.39, 0.29) is 3.92 Å². The Morgan fingerprint density at radius 2 is 2.07 bits per heavy atom. The van der Waals surface area contributed by atoms with Gasteiger partial charge < -0.3 is 9.47 Å². The fourth-order valence-electron chi connectivity index (χ4n) is 1.01. The smallest absolute Gasteiger partial charge is 0.207 e. The van der Waals surface area contributed by atoms with Gasteiger partial charge in [-0.25, -0.2) is 0 Å². The van der Waals surface area contributed by atoms with Gasteiger partial charge in [0.05, 0.1) is 7.11 Å². The van der Waals surface area contributed by atoms with Gasteiger partial charge in [0.1, 0.15) is 0 Å². The van der Waals surface area contributed by atoms with Crippen molar-refractivity contribution in [2.75, 3.05) is 7.11 Å². The Morgan fingerprint density at radius 3 is 2.57 bits per heavy atom. The minimum absolute atomic E-state index is 0.232. The molecule has 0 aliphatic heterocycles. The second kappa shape index (κ2) is 5.41. The number of halogens is 2. The minimum Gasteiger partial charge on any atom is -0.493 e. The second-order valence-corrected chi connectivity index (χ2v) is 5.39. The van der Waals surface area contributed by atoms with Crippen LogP contribution in [-0.4, -0.2) is 11.0 Å². The third-order valence-electron chi connectivity index (χ3n) is 1.64. The normalized spacial score (nSPS) is 10.0. The molecule has 0 bridgehead atoms. The summed E-state index contributed by atoms with van der Waals surface area (Å²) in [6.45, 7) is 3.69. The lowest BCUT2D eigenvalue weighted by Gasteiger charge is -2.11. The van der Waals surface area contributed by atoms with Crippen molar-refractivity contribution in [2.45, 2.75) is 3.92 Å². The highest BCUT2D eigenvalue weighted by atomic mass is 79.9. The maximum atomic E-state index is 5.44. The molecule has 1 aromatic carbocycles. The highest BCUT2D eigenvalue weighted by molar-refractivity contribution is 9.24. The van der Waals surface area contributed by atoms with Crippen LogP contribution in [0.5, 0.6) is 11.5 Å². The van der Waals surface area contributed by atoms with Crippen molar-refractivity contribution in [3.05, 3.63) is 30.3 Å². The van der Waals surface area contributed by atoms with Crippen LogP contribution in [0.4, 0.5) is 0 Å². The SMILES string of the molecule is C=Cc1ccc(OC)c(OC(Br)Br)c1. The van der Waals surface area contributed by atoms with Crippen LogP contribution < -0.4 is 9.47 Å². The third kappa shape index (κ3) is 3.03. The van der Waals surface area contributed by atoms with Crippen LogP contribution in [0.25, 0.3) is 6.08 Å². The lowest BCUT2D eigenvalue weighted by atomic mass is 10.2. The Balaban J connectivity index is 3.01. The summed E-state index contributed by atoms with van der Waals surface area (Å²) in [6, 6.07) is 5.62. The summed E-state index contributed by atoms with van der Waals surface area (Å²) in [5, 5.41) is 0. The first-order valence-electron chi connectivity index (χ1n) is 3.92. The maximum absolute atomic E-state index is 5.44. The maximum Gasteiger partial charge on any atom is 0.207 e. The Morgan fingerprint density at radius 1 is 1.36 bits per heavy atom. The molecule has 1 aromatic rings. The summed E-state index contributed by atoms with van der Waals surface area (Å²) < 4.78 is 10.4. The van der Waals surface area contributed by atoms with Crippen LogP contribution in [0.1, 0.15) is 5.56 Å². The van der Waals surface area contributed by atoms with E-state index in [0.717, 1.165) is 5.56 Å². The van der Waals surface area contributed by atoms with Crippen LogP contribution in [0.3, 0.4) is 0 Å². The van der Waals surface area contributed by atoms with Crippen molar-refractivity contribution in [3.63, 3.8) is 0 Å². The lowest BCUT2D eigenvalue weighted by Crippen LogP contribution is -2.00. The average Bonchev–Trinajstić information content (AvgIpc) is 2.16. The van der Waals surface area contributed by atoms with E-state index in [9.17, 15) is 0 Å². The van der Waals surface area contributed by atoms with E-state index in [4.69, 9.17) is 9.47 Å². The monoisotopic (exact) mass is 320 g/mol. The topological polar surface area (TPSA) is 18.5 Å². The summed E-state index contributed by atoms with van der Waals surface area (Å²) in [7, 11) is 1.60. The van der Waals surface area contributed by atoms with E-state index in [1.54, 1.807) is 13.2 Å². The quantitative estimate of drug-likeness (QED) is 0.785. The number of methoxy groups -OCH3 is 1. The molecular formula is C10H10Br2O2. The van der Waals surface area contributed by atoms with Crippen molar-refractivity contribution in [3.8, 4) is 11.5 Å². The third-order valence-corrected chi connectivity index (χ3v) is 2.01. The largest absolute Gasteiger partial charge is 0.493 e. The average molecular weight is 322 g/mol. The number of alkyl halides is 2. The molecule has 0 aliphatic carbocycles. The fraction of sp³-hybridized carbons (Fsp3) is 0.200. The van der Waals surface area contributed by atoms with Crippen LogP contribution >= 0.6 is 31.9 Å². The number of hydrogen-bond donors (Lipinski definition) is 0. The predicted octanol–water partition coefficient (Wildman–Crippen LogP) is 3.79. The van der Waals surface area contributed by atoms with Gasteiger partial charge in [-0.3, -0.25) is 0 Å². The Bertz CT molecular complexity index is 324. The Labute approximate surface area is 100 Å². The highest BCUT2D eigenvalue weighted by Gasteiger charge is 2.07. The number of benzene rings is 1. The molecule has 0 fully saturated rings. The molecule has 0 N–H and O–H groups in total. The first-order chi connectivity index (χ1) is 6.67. The lowest BCUT2D eigenvalue weighted by molar-refractivity contribution is 0.334. The van der Waals surface area contributed by atoms with Gasteiger partial charge >= 0.3 is 0 Å². The van der Waals surface area contributed by atoms with Gasteiger partial charge in [0.25, 0.3) is 0 Å². The van der Waals surface area contributed by atoms with E-state index in [0.29, 0.717) is 11.5 Å². The summed E-state index contributed by atoms with van der Waals surface area (Å²) in [4.78, 5) is 0. The zero-order valence-corrected chi connectivity index (χ0v) is 10.8. The van der Waals surface area contributed by atoms with E-state index in [1.807, 2.05) is 18.2 Å². The first-order valence-corrected chi connectivity index (χ1v) is 5.75. The van der Waals surface area contributed by atoms with Crippen molar-refractivity contribution in [1.82, 2.24) is 0 Å². The molecule has 76 valence electrons. The van der Waals surface area contributed by atoms with Gasteiger partial charge in [0.15, 0.2) is 11.5 Å². The van der Waals surface area contributed by atoms with Crippen LogP contribution in [0, 0.1) is 0 Å². The summed E-state index contributed by atoms with van der Waals surface area (Å²) in [6.07, 6.45) is 1.75. The predicted molar refractivity (Wildman–Crippen MR) is 65.4 cm³/mol. The molecule has 0 saturated carbocycles. The first kappa shape index (κ1) is 11.6. The van der Waals surface area contributed by atoms with Crippen LogP contribution in [0.2, 0.25) is 0 Å². The highest BCUT2D eigenvalue weighted by Crippen LogP contribution is 2.31. The summed E-state index contributed by atoms with van der Waals surface area (Å²) >= 11 is 6.47. The molecule has 4 heteroatoms. The molecular weight excluding hydrogens is 312 g/mol. The van der Waals surface area contributed by atoms with E-state index < -0.39 is 0 Å². The molecule has 0 saturated heterocycles. The van der Waals surface area contributed by atoms with Crippen molar-refractivity contribution in [2.24, 2.45) is 0 Å². The fourth-order valence-corrected chi connectivity index (χ4v) is 1.41. The molecule has 1 rings (SSSR count). The Hall–Kier alpha value is -0.480. The van der Waals surface area contributed by atoms with Gasteiger partial charge in [-0.15, -0.1) is 0 Å². The molecule has 0 heterocycles. The molecule has 0 spiro atoms. The molecule has 0 radical (unpaired) electrons. The molecule has 0 aromatic heterocycles. The Kier molecular flexibility index (Phi) is 4.48. The molecule has 0 unspecified atom stereocenters. The van der Waals surface area contributed by atoms with E-state index >= 15 is 0 Å².